The standard InChI is InChI=1S/C20H24ClN3O/c1-2-3-4-5-6-9-14-25-18-11-8-7-10-15(18)19-16(21)12-13-17-20(19)23-24-22-17/h7-8,10-13H,2-6,9,14H2,1H3,(H,22,23,24). The fourth-order valence-corrected chi connectivity index (χ4v) is 3.26. The molecular formula is C20H24ClN3O. The number of hydrogen-bond donors (Lipinski definition) is 1. The summed E-state index contributed by atoms with van der Waals surface area (Å²) >= 11 is 6.46. The summed E-state index contributed by atoms with van der Waals surface area (Å²) in [5.74, 6) is 0.841. The summed E-state index contributed by atoms with van der Waals surface area (Å²) in [5.41, 5.74) is 3.46. The van der Waals surface area contributed by atoms with E-state index in [1.807, 2.05) is 36.4 Å². The summed E-state index contributed by atoms with van der Waals surface area (Å²) in [7, 11) is 0. The number of ether oxygens (including phenoxy) is 1. The molecule has 0 saturated heterocycles. The summed E-state index contributed by atoms with van der Waals surface area (Å²) < 4.78 is 6.06. The summed E-state index contributed by atoms with van der Waals surface area (Å²) in [5, 5.41) is 11.6. The van der Waals surface area contributed by atoms with Crippen LogP contribution in [0.4, 0.5) is 0 Å². The molecule has 1 aromatic heterocycles. The molecule has 0 spiro atoms. The molecule has 0 saturated carbocycles. The molecule has 0 fully saturated rings. The highest BCUT2D eigenvalue weighted by atomic mass is 35.5. The monoisotopic (exact) mass is 357 g/mol. The van der Waals surface area contributed by atoms with E-state index in [-0.39, 0.29) is 0 Å². The molecule has 1 heterocycles. The lowest BCUT2D eigenvalue weighted by molar-refractivity contribution is 0.305. The number of para-hydroxylation sites is 1. The van der Waals surface area contributed by atoms with Crippen LogP contribution in [0.25, 0.3) is 22.2 Å². The third-order valence-corrected chi connectivity index (χ3v) is 4.67. The largest absolute Gasteiger partial charge is 0.493 e. The minimum Gasteiger partial charge on any atom is -0.493 e. The number of nitrogens with zero attached hydrogens (tertiary/aromatic N) is 2. The second-order valence-electron chi connectivity index (χ2n) is 6.24. The van der Waals surface area contributed by atoms with Crippen LogP contribution in [0, 0.1) is 0 Å². The van der Waals surface area contributed by atoms with Crippen LogP contribution >= 0.6 is 11.6 Å². The number of aromatic amines is 1. The smallest absolute Gasteiger partial charge is 0.127 e. The lowest BCUT2D eigenvalue weighted by atomic mass is 10.0. The van der Waals surface area contributed by atoms with Gasteiger partial charge in [0, 0.05) is 11.1 Å². The van der Waals surface area contributed by atoms with Crippen LogP contribution in [0.3, 0.4) is 0 Å². The van der Waals surface area contributed by atoms with Gasteiger partial charge in [-0.1, -0.05) is 74.0 Å². The summed E-state index contributed by atoms with van der Waals surface area (Å²) in [4.78, 5) is 0. The van der Waals surface area contributed by atoms with Crippen molar-refractivity contribution in [1.82, 2.24) is 15.4 Å². The molecule has 0 unspecified atom stereocenters. The molecule has 0 radical (unpaired) electrons. The van der Waals surface area contributed by atoms with E-state index in [0.717, 1.165) is 40.9 Å². The summed E-state index contributed by atoms with van der Waals surface area (Å²) in [6.07, 6.45) is 7.48. The molecule has 0 amide bonds. The fourth-order valence-electron chi connectivity index (χ4n) is 3.01. The number of aromatic nitrogens is 3. The topological polar surface area (TPSA) is 50.8 Å². The van der Waals surface area contributed by atoms with Crippen LogP contribution in [0.5, 0.6) is 5.75 Å². The molecule has 3 rings (SSSR count). The first-order chi connectivity index (χ1) is 12.3. The quantitative estimate of drug-likeness (QED) is 0.476. The number of hydrogen-bond acceptors (Lipinski definition) is 3. The van der Waals surface area contributed by atoms with Crippen LogP contribution in [0.15, 0.2) is 36.4 Å². The highest BCUT2D eigenvalue weighted by Crippen LogP contribution is 2.38. The molecule has 1 N–H and O–H groups in total. The second kappa shape index (κ2) is 8.86. The van der Waals surface area contributed by atoms with E-state index in [9.17, 15) is 0 Å². The molecular weight excluding hydrogens is 334 g/mol. The van der Waals surface area contributed by atoms with Crippen LogP contribution < -0.4 is 4.74 Å². The Morgan fingerprint density at radius 3 is 2.68 bits per heavy atom. The first kappa shape index (κ1) is 17.7. The van der Waals surface area contributed by atoms with Gasteiger partial charge in [-0.3, -0.25) is 5.10 Å². The van der Waals surface area contributed by atoms with Crippen molar-refractivity contribution < 1.29 is 4.74 Å². The van der Waals surface area contributed by atoms with Crippen molar-refractivity contribution in [1.29, 1.82) is 0 Å². The first-order valence-corrected chi connectivity index (χ1v) is 9.40. The number of unbranched alkanes of at least 4 members (excludes halogenated alkanes) is 5. The third-order valence-electron chi connectivity index (χ3n) is 4.36. The Bertz CT molecular complexity index is 816. The maximum Gasteiger partial charge on any atom is 0.127 e. The zero-order valence-corrected chi connectivity index (χ0v) is 15.4. The van der Waals surface area contributed by atoms with E-state index in [0.29, 0.717) is 5.02 Å². The van der Waals surface area contributed by atoms with E-state index in [1.54, 1.807) is 0 Å². The van der Waals surface area contributed by atoms with Crippen molar-refractivity contribution in [2.75, 3.05) is 6.61 Å². The third kappa shape index (κ3) is 4.31. The van der Waals surface area contributed by atoms with Gasteiger partial charge in [0.05, 0.1) is 17.1 Å². The zero-order chi connectivity index (χ0) is 17.5. The minimum absolute atomic E-state index is 0.650. The molecule has 5 heteroatoms. The number of rotatable bonds is 9. The fraction of sp³-hybridized carbons (Fsp3) is 0.400. The van der Waals surface area contributed by atoms with Crippen molar-refractivity contribution in [3.8, 4) is 16.9 Å². The van der Waals surface area contributed by atoms with Gasteiger partial charge in [0.25, 0.3) is 0 Å². The molecule has 0 aliphatic carbocycles. The van der Waals surface area contributed by atoms with Crippen molar-refractivity contribution in [2.45, 2.75) is 45.4 Å². The van der Waals surface area contributed by atoms with Crippen LogP contribution in [-0.2, 0) is 0 Å². The minimum atomic E-state index is 0.650. The zero-order valence-electron chi connectivity index (χ0n) is 14.6. The van der Waals surface area contributed by atoms with Crippen molar-refractivity contribution in [3.05, 3.63) is 41.4 Å². The predicted molar refractivity (Wildman–Crippen MR) is 103 cm³/mol. The van der Waals surface area contributed by atoms with Gasteiger partial charge >= 0.3 is 0 Å². The molecule has 3 aromatic rings. The Labute approximate surface area is 153 Å². The Hall–Kier alpha value is -2.07. The van der Waals surface area contributed by atoms with Gasteiger partial charge in [0.15, 0.2) is 0 Å². The Morgan fingerprint density at radius 2 is 1.80 bits per heavy atom. The van der Waals surface area contributed by atoms with E-state index < -0.39 is 0 Å². The lowest BCUT2D eigenvalue weighted by Gasteiger charge is -2.13. The van der Waals surface area contributed by atoms with E-state index in [4.69, 9.17) is 16.3 Å². The first-order valence-electron chi connectivity index (χ1n) is 9.02. The number of halogens is 1. The van der Waals surface area contributed by atoms with Gasteiger partial charge < -0.3 is 4.74 Å². The second-order valence-corrected chi connectivity index (χ2v) is 6.65. The summed E-state index contributed by atoms with van der Waals surface area (Å²) in [6.45, 7) is 2.95. The average Bonchev–Trinajstić information content (AvgIpc) is 3.10. The highest BCUT2D eigenvalue weighted by Gasteiger charge is 2.15. The van der Waals surface area contributed by atoms with Gasteiger partial charge in [-0.25, -0.2) is 0 Å². The SMILES string of the molecule is CCCCCCCCOc1ccccc1-c1c(Cl)ccc2[nH]nnc12. The van der Waals surface area contributed by atoms with Gasteiger partial charge in [-0.05, 0) is 24.6 Å². The van der Waals surface area contributed by atoms with Crippen molar-refractivity contribution in [2.24, 2.45) is 0 Å². The Kier molecular flexibility index (Phi) is 6.29. The van der Waals surface area contributed by atoms with E-state index in [1.165, 1.54) is 32.1 Å². The van der Waals surface area contributed by atoms with Gasteiger partial charge in [-0.2, -0.15) is 0 Å². The molecule has 0 bridgehead atoms. The van der Waals surface area contributed by atoms with Crippen molar-refractivity contribution in [3.63, 3.8) is 0 Å². The van der Waals surface area contributed by atoms with Gasteiger partial charge in [0.2, 0.25) is 0 Å². The molecule has 4 nitrogen and oxygen atoms in total. The molecule has 25 heavy (non-hydrogen) atoms. The summed E-state index contributed by atoms with van der Waals surface area (Å²) in [6, 6.07) is 11.7. The van der Waals surface area contributed by atoms with Crippen LogP contribution in [-0.4, -0.2) is 22.0 Å². The van der Waals surface area contributed by atoms with Gasteiger partial charge in [-0.15, -0.1) is 5.10 Å². The van der Waals surface area contributed by atoms with Crippen molar-refractivity contribution >= 4 is 22.6 Å². The number of benzene rings is 2. The Morgan fingerprint density at radius 1 is 1.00 bits per heavy atom. The molecule has 132 valence electrons. The molecule has 0 atom stereocenters. The lowest BCUT2D eigenvalue weighted by Crippen LogP contribution is -1.99. The van der Waals surface area contributed by atoms with E-state index in [2.05, 4.69) is 22.3 Å². The number of fused-ring (bicyclic) bond motifs is 1. The average molecular weight is 358 g/mol. The molecule has 0 aliphatic rings. The van der Waals surface area contributed by atoms with E-state index >= 15 is 0 Å². The van der Waals surface area contributed by atoms with Crippen LogP contribution in [0.2, 0.25) is 5.02 Å². The Balaban J connectivity index is 1.73. The number of H-pyrrole nitrogens is 1. The molecule has 2 aromatic carbocycles. The molecule has 0 aliphatic heterocycles. The van der Waals surface area contributed by atoms with Crippen LogP contribution in [0.1, 0.15) is 45.4 Å². The maximum absolute atomic E-state index is 6.46. The predicted octanol–water partition coefficient (Wildman–Crippen LogP) is 6.02. The number of nitrogens with one attached hydrogen (secondary N) is 1. The highest BCUT2D eigenvalue weighted by molar-refractivity contribution is 6.35. The van der Waals surface area contributed by atoms with Gasteiger partial charge in [0.1, 0.15) is 11.3 Å². The normalized spacial score (nSPS) is 11.1. The maximum atomic E-state index is 6.46.